The molecule has 3 aromatic heterocycles. The zero-order valence-electron chi connectivity index (χ0n) is 13.7. The first-order chi connectivity index (χ1) is 12.6. The summed E-state index contributed by atoms with van der Waals surface area (Å²) in [4.78, 5) is 23.2. The Morgan fingerprint density at radius 2 is 2.31 bits per heavy atom. The highest BCUT2D eigenvalue weighted by Gasteiger charge is 2.24. The van der Waals surface area contributed by atoms with Crippen LogP contribution in [0.2, 0.25) is 0 Å². The summed E-state index contributed by atoms with van der Waals surface area (Å²) in [6.07, 6.45) is 4.86. The first-order valence-corrected chi connectivity index (χ1v) is 9.62. The van der Waals surface area contributed by atoms with Crippen molar-refractivity contribution < 1.29 is 4.79 Å². The van der Waals surface area contributed by atoms with E-state index in [-0.39, 0.29) is 12.5 Å². The number of aromatic nitrogens is 4. The Morgan fingerprint density at radius 3 is 3.12 bits per heavy atom. The number of nitrogens with one attached hydrogen (secondary N) is 2. The van der Waals surface area contributed by atoms with Crippen LogP contribution in [0, 0.1) is 0 Å². The molecule has 4 heterocycles. The van der Waals surface area contributed by atoms with E-state index >= 15 is 0 Å². The van der Waals surface area contributed by atoms with Crippen molar-refractivity contribution >= 4 is 43.9 Å². The molecule has 3 aromatic rings. The van der Waals surface area contributed by atoms with Gasteiger partial charge in [-0.15, -0.1) is 11.3 Å². The highest BCUT2D eigenvalue weighted by atomic mass is 79.9. The van der Waals surface area contributed by atoms with Crippen molar-refractivity contribution in [3.05, 3.63) is 52.5 Å². The van der Waals surface area contributed by atoms with E-state index in [1.165, 1.54) is 17.7 Å². The third-order valence-electron chi connectivity index (χ3n) is 4.14. The monoisotopic (exact) mass is 430 g/mol. The Bertz CT molecular complexity index is 968. The summed E-state index contributed by atoms with van der Waals surface area (Å²) in [6.45, 7) is 4.29. The third-order valence-corrected chi connectivity index (χ3v) is 5.97. The lowest BCUT2D eigenvalue weighted by Crippen LogP contribution is -2.35. The molecule has 0 unspecified atom stereocenters. The molecule has 2 N–H and O–H groups in total. The molecule has 1 amide bonds. The van der Waals surface area contributed by atoms with E-state index in [4.69, 9.17) is 0 Å². The number of carbonyl (C=O) groups excluding carboxylic acids is 1. The van der Waals surface area contributed by atoms with Crippen LogP contribution in [0.3, 0.4) is 0 Å². The summed E-state index contributed by atoms with van der Waals surface area (Å²) in [5, 5.41) is 12.3. The Kier molecular flexibility index (Phi) is 4.56. The predicted molar refractivity (Wildman–Crippen MR) is 105 cm³/mol. The van der Waals surface area contributed by atoms with Crippen LogP contribution in [-0.2, 0) is 11.2 Å². The number of carbonyl (C=O) groups is 1. The van der Waals surface area contributed by atoms with Crippen molar-refractivity contribution in [1.82, 2.24) is 20.2 Å². The number of anilines is 2. The fourth-order valence-corrected chi connectivity index (χ4v) is 4.55. The average Bonchev–Trinajstić information content (AvgIpc) is 3.27. The molecule has 0 bridgehead atoms. The standard InChI is InChI=1S/C17H15BrN6OS/c1-10-4-5-12-13(3-2-6-19-12)24(10)7-14(25)22-17-15(11(18)8-26-17)16-20-9-21-23-16/h2-3,6,8-9H,1,4-5,7H2,(H,22,25)(H,20,21,23). The lowest BCUT2D eigenvalue weighted by atomic mass is 10.0. The summed E-state index contributed by atoms with van der Waals surface area (Å²) < 4.78 is 0.853. The van der Waals surface area contributed by atoms with E-state index in [1.54, 1.807) is 6.20 Å². The summed E-state index contributed by atoms with van der Waals surface area (Å²) in [5.41, 5.74) is 3.65. The third kappa shape index (κ3) is 3.15. The molecule has 0 radical (unpaired) electrons. The first kappa shape index (κ1) is 16.9. The smallest absolute Gasteiger partial charge is 0.244 e. The summed E-state index contributed by atoms with van der Waals surface area (Å²) >= 11 is 4.93. The molecule has 9 heteroatoms. The van der Waals surface area contributed by atoms with Crippen LogP contribution in [0.25, 0.3) is 11.4 Å². The average molecular weight is 431 g/mol. The normalized spacial score (nSPS) is 13.6. The summed E-state index contributed by atoms with van der Waals surface area (Å²) in [5.74, 6) is 0.475. The van der Waals surface area contributed by atoms with Crippen LogP contribution >= 0.6 is 27.3 Å². The van der Waals surface area contributed by atoms with E-state index in [9.17, 15) is 4.79 Å². The van der Waals surface area contributed by atoms with Crippen molar-refractivity contribution in [2.45, 2.75) is 12.8 Å². The molecule has 0 aliphatic carbocycles. The molecule has 26 heavy (non-hydrogen) atoms. The van der Waals surface area contributed by atoms with Crippen molar-refractivity contribution in [3.8, 4) is 11.4 Å². The highest BCUT2D eigenvalue weighted by Crippen LogP contribution is 2.39. The number of aryl methyl sites for hydroxylation is 1. The molecule has 0 saturated carbocycles. The van der Waals surface area contributed by atoms with Gasteiger partial charge in [-0.2, -0.15) is 5.10 Å². The van der Waals surface area contributed by atoms with Crippen molar-refractivity contribution in [3.63, 3.8) is 0 Å². The van der Waals surface area contributed by atoms with Crippen LogP contribution in [0.4, 0.5) is 10.7 Å². The molecule has 0 aromatic carbocycles. The second-order valence-corrected chi connectivity index (χ2v) is 7.53. The number of allylic oxidation sites excluding steroid dienone is 1. The first-order valence-electron chi connectivity index (χ1n) is 7.95. The molecule has 1 aliphatic rings. The molecule has 0 spiro atoms. The van der Waals surface area contributed by atoms with E-state index in [0.29, 0.717) is 10.8 Å². The van der Waals surface area contributed by atoms with Gasteiger partial charge >= 0.3 is 0 Å². The largest absolute Gasteiger partial charge is 0.335 e. The molecular weight excluding hydrogens is 416 g/mol. The van der Waals surface area contributed by atoms with Crippen LogP contribution in [0.1, 0.15) is 12.1 Å². The quantitative estimate of drug-likeness (QED) is 0.660. The maximum absolute atomic E-state index is 12.7. The Morgan fingerprint density at radius 1 is 1.42 bits per heavy atom. The van der Waals surface area contributed by atoms with Crippen LogP contribution in [-0.4, -0.2) is 32.6 Å². The highest BCUT2D eigenvalue weighted by molar-refractivity contribution is 9.10. The van der Waals surface area contributed by atoms with Gasteiger partial charge in [0.1, 0.15) is 17.9 Å². The van der Waals surface area contributed by atoms with Gasteiger partial charge in [0.15, 0.2) is 5.82 Å². The molecule has 0 fully saturated rings. The number of nitrogens with zero attached hydrogens (tertiary/aromatic N) is 4. The Balaban J connectivity index is 1.55. The van der Waals surface area contributed by atoms with Crippen molar-refractivity contribution in [1.29, 1.82) is 0 Å². The number of thiophene rings is 1. The van der Waals surface area contributed by atoms with Gasteiger partial charge in [-0.1, -0.05) is 6.58 Å². The van der Waals surface area contributed by atoms with Gasteiger partial charge in [0.25, 0.3) is 0 Å². The molecular formula is C17H15BrN6OS. The zero-order chi connectivity index (χ0) is 18.1. The van der Waals surface area contributed by atoms with E-state index in [0.717, 1.165) is 40.0 Å². The second kappa shape index (κ2) is 7.00. The van der Waals surface area contributed by atoms with E-state index in [1.807, 2.05) is 22.4 Å². The lowest BCUT2D eigenvalue weighted by Gasteiger charge is -2.31. The number of pyridine rings is 1. The number of amides is 1. The lowest BCUT2D eigenvalue weighted by molar-refractivity contribution is -0.114. The Hall–Kier alpha value is -2.52. The molecule has 7 nitrogen and oxygen atoms in total. The molecule has 0 atom stereocenters. The van der Waals surface area contributed by atoms with Gasteiger partial charge in [0.05, 0.1) is 16.9 Å². The maximum atomic E-state index is 12.7. The minimum atomic E-state index is -0.127. The summed E-state index contributed by atoms with van der Waals surface area (Å²) in [6, 6.07) is 3.85. The fraction of sp³-hybridized carbons (Fsp3) is 0.176. The predicted octanol–water partition coefficient (Wildman–Crippen LogP) is 3.60. The van der Waals surface area contributed by atoms with Gasteiger partial charge in [-0.3, -0.25) is 14.9 Å². The number of aromatic amines is 1. The molecule has 132 valence electrons. The van der Waals surface area contributed by atoms with Crippen LogP contribution < -0.4 is 10.2 Å². The van der Waals surface area contributed by atoms with E-state index < -0.39 is 0 Å². The zero-order valence-corrected chi connectivity index (χ0v) is 16.1. The minimum absolute atomic E-state index is 0.127. The van der Waals surface area contributed by atoms with Crippen molar-refractivity contribution in [2.24, 2.45) is 0 Å². The second-order valence-electron chi connectivity index (χ2n) is 5.79. The van der Waals surface area contributed by atoms with Crippen molar-refractivity contribution in [2.75, 3.05) is 16.8 Å². The topological polar surface area (TPSA) is 86.8 Å². The SMILES string of the molecule is C=C1CCc2ncccc2N1CC(=O)Nc1scc(Br)c1-c1ncn[nH]1. The maximum Gasteiger partial charge on any atom is 0.244 e. The number of hydrogen-bond donors (Lipinski definition) is 2. The van der Waals surface area contributed by atoms with Crippen LogP contribution in [0.15, 0.2) is 46.8 Å². The number of fused-ring (bicyclic) bond motifs is 1. The number of hydrogen-bond acceptors (Lipinski definition) is 6. The Labute approximate surface area is 162 Å². The molecule has 1 aliphatic heterocycles. The van der Waals surface area contributed by atoms with Gasteiger partial charge in [-0.05, 0) is 40.9 Å². The van der Waals surface area contributed by atoms with Gasteiger partial charge in [0, 0.05) is 21.7 Å². The number of rotatable bonds is 4. The van der Waals surface area contributed by atoms with Gasteiger partial charge in [-0.25, -0.2) is 4.98 Å². The van der Waals surface area contributed by atoms with Crippen LogP contribution in [0.5, 0.6) is 0 Å². The number of H-pyrrole nitrogens is 1. The number of halogens is 1. The summed E-state index contributed by atoms with van der Waals surface area (Å²) in [7, 11) is 0. The molecule has 4 rings (SSSR count). The van der Waals surface area contributed by atoms with Gasteiger partial charge in [0.2, 0.25) is 5.91 Å². The minimum Gasteiger partial charge on any atom is -0.335 e. The fourth-order valence-electron chi connectivity index (χ4n) is 2.92. The van der Waals surface area contributed by atoms with E-state index in [2.05, 4.69) is 48.0 Å². The molecule has 0 saturated heterocycles. The van der Waals surface area contributed by atoms with Gasteiger partial charge < -0.3 is 10.2 Å².